The average molecular weight is 254 g/mol. The quantitative estimate of drug-likeness (QED) is 0.833. The Kier molecular flexibility index (Phi) is 3.80. The molecule has 0 bridgehead atoms. The second-order valence-corrected chi connectivity index (χ2v) is 7.70. The van der Waals surface area contributed by atoms with Gasteiger partial charge in [-0.15, -0.1) is 0 Å². The van der Waals surface area contributed by atoms with Crippen LogP contribution in [0, 0.1) is 0 Å². The summed E-state index contributed by atoms with van der Waals surface area (Å²) in [6.07, 6.45) is 0. The maximum absolute atomic E-state index is 11.2. The molecule has 2 aromatic carbocycles. The highest BCUT2D eigenvalue weighted by atomic mass is 28.4. The van der Waals surface area contributed by atoms with Crippen molar-refractivity contribution in [3.8, 4) is 0 Å². The standard InChI is InChI=1S/C16H18OSi/c1-14(2)13-18(17,15-9-5-3-6-10-15)16-11-7-4-8-12-16/h3-13,17H,1-2H3. The van der Waals surface area contributed by atoms with Crippen molar-refractivity contribution in [3.63, 3.8) is 0 Å². The minimum atomic E-state index is -2.73. The van der Waals surface area contributed by atoms with Crippen LogP contribution in [0.2, 0.25) is 0 Å². The van der Waals surface area contributed by atoms with Gasteiger partial charge in [-0.3, -0.25) is 0 Å². The first-order valence-electron chi connectivity index (χ1n) is 6.12. The van der Waals surface area contributed by atoms with Crippen LogP contribution in [-0.2, 0) is 0 Å². The van der Waals surface area contributed by atoms with Gasteiger partial charge in [-0.25, -0.2) is 0 Å². The smallest absolute Gasteiger partial charge is 0.278 e. The summed E-state index contributed by atoms with van der Waals surface area (Å²) in [6, 6.07) is 19.9. The van der Waals surface area contributed by atoms with E-state index in [0.717, 1.165) is 15.9 Å². The van der Waals surface area contributed by atoms with E-state index >= 15 is 0 Å². The van der Waals surface area contributed by atoms with Gasteiger partial charge < -0.3 is 4.80 Å². The van der Waals surface area contributed by atoms with E-state index in [1.165, 1.54) is 0 Å². The lowest BCUT2D eigenvalue weighted by atomic mass is 10.4. The molecule has 2 rings (SSSR count). The molecule has 0 amide bonds. The van der Waals surface area contributed by atoms with Crippen molar-refractivity contribution in [2.75, 3.05) is 0 Å². The zero-order chi connectivity index (χ0) is 13.0. The second kappa shape index (κ2) is 5.34. The Morgan fingerprint density at radius 3 is 1.56 bits per heavy atom. The van der Waals surface area contributed by atoms with Gasteiger partial charge in [0.25, 0.3) is 8.32 Å². The van der Waals surface area contributed by atoms with E-state index in [2.05, 4.69) is 0 Å². The fourth-order valence-corrected chi connectivity index (χ4v) is 5.04. The maximum atomic E-state index is 11.2. The Morgan fingerprint density at radius 2 is 1.22 bits per heavy atom. The molecule has 2 heteroatoms. The molecule has 0 radical (unpaired) electrons. The molecule has 0 fully saturated rings. The van der Waals surface area contributed by atoms with Crippen LogP contribution in [0.25, 0.3) is 0 Å². The molecule has 1 nitrogen and oxygen atoms in total. The molecule has 0 saturated carbocycles. The lowest BCUT2D eigenvalue weighted by Crippen LogP contribution is -2.57. The number of allylic oxidation sites excluding steroid dienone is 1. The predicted molar refractivity (Wildman–Crippen MR) is 79.6 cm³/mol. The van der Waals surface area contributed by atoms with Crippen molar-refractivity contribution in [1.29, 1.82) is 0 Å². The van der Waals surface area contributed by atoms with E-state index < -0.39 is 8.32 Å². The predicted octanol–water partition coefficient (Wildman–Crippen LogP) is 2.24. The highest BCUT2D eigenvalue weighted by molar-refractivity contribution is 7.00. The van der Waals surface area contributed by atoms with Gasteiger partial charge in [0.15, 0.2) is 0 Å². The molecular weight excluding hydrogens is 236 g/mol. The van der Waals surface area contributed by atoms with Crippen molar-refractivity contribution >= 4 is 18.7 Å². The molecule has 0 atom stereocenters. The fraction of sp³-hybridized carbons (Fsp3) is 0.125. The van der Waals surface area contributed by atoms with Crippen LogP contribution < -0.4 is 10.4 Å². The van der Waals surface area contributed by atoms with E-state index in [1.807, 2.05) is 80.2 Å². The van der Waals surface area contributed by atoms with Crippen LogP contribution in [-0.4, -0.2) is 13.1 Å². The molecule has 0 aliphatic rings. The summed E-state index contributed by atoms with van der Waals surface area (Å²) in [7, 11) is -2.73. The minimum absolute atomic E-state index is 1.03. The van der Waals surface area contributed by atoms with E-state index in [4.69, 9.17) is 0 Å². The molecule has 0 unspecified atom stereocenters. The van der Waals surface area contributed by atoms with Crippen molar-refractivity contribution in [2.24, 2.45) is 0 Å². The first-order valence-corrected chi connectivity index (χ1v) is 8.15. The summed E-state index contributed by atoms with van der Waals surface area (Å²) in [4.78, 5) is 11.2. The number of hydrogen-bond acceptors (Lipinski definition) is 1. The Labute approximate surface area is 110 Å². The molecule has 0 aliphatic heterocycles. The zero-order valence-electron chi connectivity index (χ0n) is 10.8. The number of rotatable bonds is 3. The van der Waals surface area contributed by atoms with Crippen LogP contribution >= 0.6 is 0 Å². The third-order valence-corrected chi connectivity index (χ3v) is 6.35. The van der Waals surface area contributed by atoms with Crippen LogP contribution in [0.15, 0.2) is 71.9 Å². The summed E-state index contributed by atoms with van der Waals surface area (Å²) >= 11 is 0. The van der Waals surface area contributed by atoms with Crippen molar-refractivity contribution in [2.45, 2.75) is 13.8 Å². The largest absolute Gasteiger partial charge is 0.421 e. The molecule has 0 saturated heterocycles. The first-order chi connectivity index (χ1) is 8.63. The zero-order valence-corrected chi connectivity index (χ0v) is 11.8. The second-order valence-electron chi connectivity index (χ2n) is 4.72. The third kappa shape index (κ3) is 2.60. The maximum Gasteiger partial charge on any atom is 0.278 e. The van der Waals surface area contributed by atoms with E-state index in [0.29, 0.717) is 0 Å². The SMILES string of the molecule is CC(C)=C[Si](O)(c1ccccc1)c1ccccc1. The van der Waals surface area contributed by atoms with Crippen molar-refractivity contribution < 1.29 is 4.80 Å². The molecule has 2 aromatic rings. The highest BCUT2D eigenvalue weighted by Gasteiger charge is 2.33. The molecule has 92 valence electrons. The van der Waals surface area contributed by atoms with Gasteiger partial charge in [-0.1, -0.05) is 71.9 Å². The summed E-state index contributed by atoms with van der Waals surface area (Å²) in [5.74, 6) is 0. The average Bonchev–Trinajstić information content (AvgIpc) is 2.40. The van der Waals surface area contributed by atoms with Gasteiger partial charge in [-0.2, -0.15) is 0 Å². The van der Waals surface area contributed by atoms with Gasteiger partial charge >= 0.3 is 0 Å². The number of benzene rings is 2. The van der Waals surface area contributed by atoms with E-state index in [1.54, 1.807) is 0 Å². The van der Waals surface area contributed by atoms with Crippen molar-refractivity contribution in [3.05, 3.63) is 71.9 Å². The van der Waals surface area contributed by atoms with Crippen LogP contribution in [0.3, 0.4) is 0 Å². The van der Waals surface area contributed by atoms with Gasteiger partial charge in [0, 0.05) is 0 Å². The lowest BCUT2D eigenvalue weighted by Gasteiger charge is -2.23. The fourth-order valence-electron chi connectivity index (χ4n) is 2.14. The summed E-state index contributed by atoms with van der Waals surface area (Å²) < 4.78 is 0. The normalized spacial score (nSPS) is 11.1. The molecule has 0 heterocycles. The third-order valence-electron chi connectivity index (χ3n) is 2.93. The van der Waals surface area contributed by atoms with Crippen LogP contribution in [0.4, 0.5) is 0 Å². The monoisotopic (exact) mass is 254 g/mol. The number of hydrogen-bond donors (Lipinski definition) is 1. The topological polar surface area (TPSA) is 20.2 Å². The summed E-state index contributed by atoms with van der Waals surface area (Å²) in [6.45, 7) is 4.06. The van der Waals surface area contributed by atoms with Gasteiger partial charge in [0.1, 0.15) is 0 Å². The van der Waals surface area contributed by atoms with Gasteiger partial charge in [0.05, 0.1) is 0 Å². The Hall–Kier alpha value is -1.64. The van der Waals surface area contributed by atoms with E-state index in [-0.39, 0.29) is 0 Å². The van der Waals surface area contributed by atoms with Crippen molar-refractivity contribution in [1.82, 2.24) is 0 Å². The lowest BCUT2D eigenvalue weighted by molar-refractivity contribution is 0.581. The Bertz CT molecular complexity index is 488. The first kappa shape index (κ1) is 12.8. The highest BCUT2D eigenvalue weighted by Crippen LogP contribution is 2.07. The van der Waals surface area contributed by atoms with Gasteiger partial charge in [-0.05, 0) is 24.2 Å². The molecule has 0 aromatic heterocycles. The summed E-state index contributed by atoms with van der Waals surface area (Å²) in [5, 5.41) is 2.05. The summed E-state index contributed by atoms with van der Waals surface area (Å²) in [5.41, 5.74) is 3.19. The Balaban J connectivity index is 2.59. The Morgan fingerprint density at radius 1 is 0.833 bits per heavy atom. The van der Waals surface area contributed by atoms with Crippen LogP contribution in [0.5, 0.6) is 0 Å². The van der Waals surface area contributed by atoms with E-state index in [9.17, 15) is 4.80 Å². The molecular formula is C16H18OSi. The van der Waals surface area contributed by atoms with Gasteiger partial charge in [0.2, 0.25) is 0 Å². The van der Waals surface area contributed by atoms with Crippen LogP contribution in [0.1, 0.15) is 13.8 Å². The minimum Gasteiger partial charge on any atom is -0.421 e. The molecule has 1 N–H and O–H groups in total. The molecule has 0 aliphatic carbocycles. The molecule has 0 spiro atoms. The molecule has 18 heavy (non-hydrogen) atoms.